The maximum atomic E-state index is 6.71. The summed E-state index contributed by atoms with van der Waals surface area (Å²) in [4.78, 5) is 0. The zero-order valence-corrected chi connectivity index (χ0v) is 21.2. The van der Waals surface area contributed by atoms with Gasteiger partial charge in [-0.25, -0.2) is 0 Å². The first-order chi connectivity index (χ1) is 11.3. The molecule has 1 nitrogen and oxygen atoms in total. The van der Waals surface area contributed by atoms with Gasteiger partial charge in [-0.15, -0.1) is 0 Å². The van der Waals surface area contributed by atoms with Crippen LogP contribution >= 0.6 is 0 Å². The van der Waals surface area contributed by atoms with E-state index in [-0.39, 0.29) is 47.3 Å². The van der Waals surface area contributed by atoms with E-state index < -0.39 is 0 Å². The third kappa shape index (κ3) is 6.61. The maximum Gasteiger partial charge on any atom is -1.00 e. The molecule has 0 saturated heterocycles. The van der Waals surface area contributed by atoms with E-state index in [4.69, 9.17) is 4.74 Å². The van der Waals surface area contributed by atoms with Gasteiger partial charge in [0.25, 0.3) is 0 Å². The average molecular weight is 446 g/mol. The topological polar surface area (TPSA) is 9.23 Å². The van der Waals surface area contributed by atoms with Crippen molar-refractivity contribution in [2.75, 3.05) is 0 Å². The van der Waals surface area contributed by atoms with Crippen LogP contribution in [0.1, 0.15) is 74.7 Å². The summed E-state index contributed by atoms with van der Waals surface area (Å²) in [5, 5.41) is 0. The largest absolute Gasteiger partial charge is 1.00 e. The molecule has 0 aliphatic heterocycles. The molecule has 0 bridgehead atoms. The van der Waals surface area contributed by atoms with Crippen molar-refractivity contribution >= 4 is 0 Å². The second kappa shape index (κ2) is 9.81. The molecule has 151 valence electrons. The summed E-state index contributed by atoms with van der Waals surface area (Å²) in [5.41, 5.74) is 4.37. The number of rotatable bonds is 4. The molecule has 0 N–H and O–H groups in total. The van der Waals surface area contributed by atoms with Gasteiger partial charge in [-0.3, -0.25) is 0 Å². The molecule has 27 heavy (non-hydrogen) atoms. The molecule has 0 heterocycles. The average Bonchev–Trinajstić information content (AvgIpc) is 2.81. The summed E-state index contributed by atoms with van der Waals surface area (Å²) in [7, 11) is 0. The van der Waals surface area contributed by atoms with E-state index in [1.54, 1.807) is 0 Å². The van der Waals surface area contributed by atoms with Crippen LogP contribution in [0.4, 0.5) is 0 Å². The molecular weight excluding hydrogens is 411 g/mol. The second-order valence-electron chi connectivity index (χ2n) is 9.87. The van der Waals surface area contributed by atoms with Crippen LogP contribution < -0.4 is 24.8 Å². The number of halogens is 2. The first-order valence-electron chi connectivity index (χ1n) is 9.56. The minimum absolute atomic E-state index is 0. The Labute approximate surface area is 191 Å². The van der Waals surface area contributed by atoms with Crippen LogP contribution in [-0.2, 0) is 25.2 Å². The maximum absolute atomic E-state index is 6.71. The van der Waals surface area contributed by atoms with Gasteiger partial charge in [0.1, 0.15) is 0 Å². The molecule has 2 rings (SSSR count). The van der Waals surface area contributed by atoms with E-state index in [9.17, 15) is 0 Å². The van der Waals surface area contributed by atoms with Gasteiger partial charge < -0.3 is 24.8 Å². The van der Waals surface area contributed by atoms with E-state index in [1.807, 2.05) is 0 Å². The van der Waals surface area contributed by atoms with Gasteiger partial charge in [-0.1, -0.05) is 0 Å². The first-order valence-corrected chi connectivity index (χ1v) is 10.3. The fourth-order valence-corrected chi connectivity index (χ4v) is 4.40. The Kier molecular flexibility index (Phi) is 9.89. The van der Waals surface area contributed by atoms with E-state index in [0.717, 1.165) is 19.3 Å². The van der Waals surface area contributed by atoms with Crippen LogP contribution in [0.15, 0.2) is 44.9 Å². The minimum atomic E-state index is -0.230. The van der Waals surface area contributed by atoms with Crippen molar-refractivity contribution in [3.8, 4) is 0 Å². The van der Waals surface area contributed by atoms with Crippen molar-refractivity contribution < 1.29 is 50.0 Å². The van der Waals surface area contributed by atoms with Crippen LogP contribution in [0, 0.1) is 10.8 Å². The van der Waals surface area contributed by atoms with E-state index >= 15 is 0 Å². The summed E-state index contributed by atoms with van der Waals surface area (Å²) in [5.74, 6) is 0. The van der Waals surface area contributed by atoms with Gasteiger partial charge in [0.2, 0.25) is 0 Å². The molecule has 1 atom stereocenters. The Hall–Kier alpha value is 0.214. The second-order valence-corrected chi connectivity index (χ2v) is 10.8. The molecule has 2 aliphatic carbocycles. The standard InChI is InChI=1S/C23H35O.2ClH.Ti/c1-17(2)24-23(16-18-11-9-10-12-18)14-13-19(21(3,4)5)15-20(23)22(6,7)8;;;/h9,11,13,15,17H,10,14,16H2,1-8H3;2*1H;/q;;;+2/p-2. The molecule has 0 aromatic rings. The van der Waals surface area contributed by atoms with Crippen LogP contribution in [-0.4, -0.2) is 11.7 Å². The zero-order chi connectivity index (χ0) is 19.0. The van der Waals surface area contributed by atoms with Crippen molar-refractivity contribution in [3.05, 3.63) is 44.9 Å². The molecule has 4 heteroatoms. The van der Waals surface area contributed by atoms with Gasteiger partial charge in [0.05, 0.1) is 0 Å². The fraction of sp³-hybridized carbons (Fsp3) is 0.652. The predicted molar refractivity (Wildman–Crippen MR) is 104 cm³/mol. The molecular formula is C23H35Cl2OTi. The van der Waals surface area contributed by atoms with Crippen molar-refractivity contribution in [2.24, 2.45) is 10.8 Å². The smallest absolute Gasteiger partial charge is 1.00 e. The summed E-state index contributed by atoms with van der Waals surface area (Å²) < 4.78 is 8.20. The van der Waals surface area contributed by atoms with Crippen LogP contribution in [0.25, 0.3) is 0 Å². The number of ether oxygens (including phenoxy) is 1. The monoisotopic (exact) mass is 445 g/mol. The number of hydrogen-bond acceptors (Lipinski definition) is 1. The van der Waals surface area contributed by atoms with E-state index in [2.05, 4.69) is 100 Å². The summed E-state index contributed by atoms with van der Waals surface area (Å²) >= 11 is 2.26. The molecule has 2 aliphatic rings. The molecule has 0 spiro atoms. The predicted octanol–water partition coefficient (Wildman–Crippen LogP) is 0.658. The Morgan fingerprint density at radius 3 is 2.07 bits per heavy atom. The van der Waals surface area contributed by atoms with Crippen molar-refractivity contribution in [3.63, 3.8) is 0 Å². The minimum Gasteiger partial charge on any atom is -1.00 e. The van der Waals surface area contributed by atoms with Gasteiger partial charge in [0.15, 0.2) is 0 Å². The number of hydrogen-bond donors (Lipinski definition) is 0. The summed E-state index contributed by atoms with van der Waals surface area (Å²) in [6, 6.07) is 0. The van der Waals surface area contributed by atoms with Gasteiger partial charge in [-0.2, -0.15) is 0 Å². The van der Waals surface area contributed by atoms with Crippen LogP contribution in [0.2, 0.25) is 0 Å². The Morgan fingerprint density at radius 1 is 1.07 bits per heavy atom. The first kappa shape index (κ1) is 27.2. The Balaban J connectivity index is 0.00000338. The van der Waals surface area contributed by atoms with Crippen molar-refractivity contribution in [2.45, 2.75) is 86.4 Å². The Bertz CT molecular complexity index is 642. The van der Waals surface area contributed by atoms with Crippen molar-refractivity contribution in [1.82, 2.24) is 0 Å². The van der Waals surface area contributed by atoms with Crippen LogP contribution in [0.5, 0.6) is 0 Å². The fourth-order valence-electron chi connectivity index (χ4n) is 3.95. The van der Waals surface area contributed by atoms with Gasteiger partial charge in [-0.05, 0) is 0 Å². The van der Waals surface area contributed by atoms with Gasteiger partial charge in [0, 0.05) is 0 Å². The molecule has 0 aromatic heterocycles. The molecule has 0 fully saturated rings. The van der Waals surface area contributed by atoms with Gasteiger partial charge >= 0.3 is 167 Å². The zero-order valence-electron chi connectivity index (χ0n) is 18.2. The summed E-state index contributed by atoms with van der Waals surface area (Å²) in [6.45, 7) is 18.2. The number of allylic oxidation sites excluding steroid dienone is 5. The van der Waals surface area contributed by atoms with Crippen molar-refractivity contribution in [1.29, 1.82) is 0 Å². The van der Waals surface area contributed by atoms with Crippen LogP contribution in [0.3, 0.4) is 0 Å². The molecule has 0 amide bonds. The summed E-state index contributed by atoms with van der Waals surface area (Å²) in [6.07, 6.45) is 12.7. The quantitative estimate of drug-likeness (QED) is 0.577. The SMILES string of the molecule is CC(C)OC1(CC2=[C]([Ti+2])CC=C2)CC=C(C(C)(C)C)C=C1C(C)(C)C.[Cl-].[Cl-]. The molecule has 1 unspecified atom stereocenters. The van der Waals surface area contributed by atoms with E-state index in [1.165, 1.54) is 20.6 Å². The molecule has 0 radical (unpaired) electrons. The Morgan fingerprint density at radius 2 is 1.67 bits per heavy atom. The third-order valence-electron chi connectivity index (χ3n) is 5.08. The van der Waals surface area contributed by atoms with E-state index in [0.29, 0.717) is 0 Å². The molecule has 0 saturated carbocycles. The third-order valence-corrected chi connectivity index (χ3v) is 5.90. The molecule has 0 aromatic carbocycles. The normalized spacial score (nSPS) is 23.1.